The molecular weight excluding hydrogens is 326 g/mol. The summed E-state index contributed by atoms with van der Waals surface area (Å²) in [7, 11) is 0. The SMILES string of the molecule is Nc1nn2cccnc2c1-c1cc(N2CCc3ccccc3C2)ncn1. The average molecular weight is 343 g/mol. The molecule has 0 fully saturated rings. The molecule has 0 saturated heterocycles. The van der Waals surface area contributed by atoms with E-state index in [9.17, 15) is 0 Å². The van der Waals surface area contributed by atoms with Crippen molar-refractivity contribution in [2.24, 2.45) is 0 Å². The van der Waals surface area contributed by atoms with Crippen LogP contribution in [0, 0.1) is 0 Å². The van der Waals surface area contributed by atoms with Crippen LogP contribution in [0.25, 0.3) is 16.9 Å². The first-order valence-corrected chi connectivity index (χ1v) is 8.52. The van der Waals surface area contributed by atoms with Crippen LogP contribution in [0.5, 0.6) is 0 Å². The molecule has 0 bridgehead atoms. The second-order valence-corrected chi connectivity index (χ2v) is 6.35. The highest BCUT2D eigenvalue weighted by Crippen LogP contribution is 2.30. The van der Waals surface area contributed by atoms with Gasteiger partial charge in [0.25, 0.3) is 0 Å². The van der Waals surface area contributed by atoms with Crippen molar-refractivity contribution in [3.63, 3.8) is 0 Å². The molecule has 1 aliphatic rings. The molecule has 26 heavy (non-hydrogen) atoms. The van der Waals surface area contributed by atoms with Gasteiger partial charge in [0.1, 0.15) is 12.1 Å². The van der Waals surface area contributed by atoms with E-state index in [-0.39, 0.29) is 0 Å². The van der Waals surface area contributed by atoms with E-state index in [4.69, 9.17) is 5.73 Å². The second-order valence-electron chi connectivity index (χ2n) is 6.35. The van der Waals surface area contributed by atoms with E-state index in [2.05, 4.69) is 49.2 Å². The van der Waals surface area contributed by atoms with Crippen LogP contribution in [0.3, 0.4) is 0 Å². The summed E-state index contributed by atoms with van der Waals surface area (Å²) in [6, 6.07) is 12.3. The Morgan fingerprint density at radius 3 is 2.81 bits per heavy atom. The fourth-order valence-electron chi connectivity index (χ4n) is 3.50. The van der Waals surface area contributed by atoms with Gasteiger partial charge in [-0.05, 0) is 23.6 Å². The van der Waals surface area contributed by atoms with E-state index in [1.54, 1.807) is 17.0 Å². The minimum Gasteiger partial charge on any atom is -0.382 e. The quantitative estimate of drug-likeness (QED) is 0.601. The van der Waals surface area contributed by atoms with Gasteiger partial charge in [-0.25, -0.2) is 19.5 Å². The van der Waals surface area contributed by atoms with Crippen molar-refractivity contribution in [2.45, 2.75) is 13.0 Å². The van der Waals surface area contributed by atoms with Crippen LogP contribution in [0.4, 0.5) is 11.6 Å². The summed E-state index contributed by atoms with van der Waals surface area (Å²) in [6.07, 6.45) is 6.14. The molecule has 1 aromatic carbocycles. The maximum absolute atomic E-state index is 6.13. The van der Waals surface area contributed by atoms with Crippen LogP contribution < -0.4 is 10.6 Å². The lowest BCUT2D eigenvalue weighted by Gasteiger charge is -2.29. The van der Waals surface area contributed by atoms with Crippen LogP contribution in [0.15, 0.2) is 55.1 Å². The number of rotatable bonds is 2. The zero-order chi connectivity index (χ0) is 17.5. The van der Waals surface area contributed by atoms with Gasteiger partial charge in [0, 0.05) is 31.5 Å². The van der Waals surface area contributed by atoms with E-state index in [1.165, 1.54) is 11.1 Å². The smallest absolute Gasteiger partial charge is 0.166 e. The summed E-state index contributed by atoms with van der Waals surface area (Å²) in [5.74, 6) is 1.30. The molecule has 7 nitrogen and oxygen atoms in total. The molecule has 0 saturated carbocycles. The molecule has 4 aromatic rings. The third-order valence-electron chi connectivity index (χ3n) is 4.79. The van der Waals surface area contributed by atoms with E-state index >= 15 is 0 Å². The molecule has 128 valence electrons. The Morgan fingerprint density at radius 2 is 1.88 bits per heavy atom. The number of nitrogens with two attached hydrogens (primary N) is 1. The van der Waals surface area contributed by atoms with E-state index in [0.717, 1.165) is 36.6 Å². The highest BCUT2D eigenvalue weighted by molar-refractivity contribution is 5.84. The summed E-state index contributed by atoms with van der Waals surface area (Å²) >= 11 is 0. The van der Waals surface area contributed by atoms with Crippen molar-refractivity contribution in [3.8, 4) is 11.3 Å². The molecule has 2 N–H and O–H groups in total. The fraction of sp³-hybridized carbons (Fsp3) is 0.158. The molecule has 0 spiro atoms. The normalized spacial score (nSPS) is 13.8. The number of nitrogens with zero attached hydrogens (tertiary/aromatic N) is 6. The number of nitrogen functional groups attached to an aromatic ring is 1. The molecule has 4 heterocycles. The topological polar surface area (TPSA) is 85.2 Å². The van der Waals surface area contributed by atoms with Gasteiger partial charge in [0.15, 0.2) is 11.5 Å². The van der Waals surface area contributed by atoms with Crippen molar-refractivity contribution in [3.05, 3.63) is 66.2 Å². The average Bonchev–Trinajstić information content (AvgIpc) is 3.03. The number of fused-ring (bicyclic) bond motifs is 2. The largest absolute Gasteiger partial charge is 0.382 e. The first kappa shape index (κ1) is 14.8. The molecule has 1 aliphatic heterocycles. The van der Waals surface area contributed by atoms with Crippen molar-refractivity contribution in [2.75, 3.05) is 17.2 Å². The van der Waals surface area contributed by atoms with Gasteiger partial charge in [0.2, 0.25) is 0 Å². The lowest BCUT2D eigenvalue weighted by Crippen LogP contribution is -2.31. The van der Waals surface area contributed by atoms with Crippen molar-refractivity contribution >= 4 is 17.3 Å². The Balaban J connectivity index is 1.55. The molecule has 0 amide bonds. The van der Waals surface area contributed by atoms with E-state index in [1.807, 2.05) is 18.3 Å². The van der Waals surface area contributed by atoms with Crippen molar-refractivity contribution in [1.82, 2.24) is 24.6 Å². The summed E-state index contributed by atoms with van der Waals surface area (Å²) < 4.78 is 1.67. The van der Waals surface area contributed by atoms with Crippen LogP contribution >= 0.6 is 0 Å². The van der Waals surface area contributed by atoms with E-state index < -0.39 is 0 Å². The Morgan fingerprint density at radius 1 is 1.00 bits per heavy atom. The van der Waals surface area contributed by atoms with Gasteiger partial charge in [-0.3, -0.25) is 0 Å². The van der Waals surface area contributed by atoms with Gasteiger partial charge in [-0.15, -0.1) is 5.10 Å². The Bertz CT molecular complexity index is 1100. The van der Waals surface area contributed by atoms with Gasteiger partial charge in [-0.2, -0.15) is 0 Å². The highest BCUT2D eigenvalue weighted by atomic mass is 15.3. The second kappa shape index (κ2) is 5.80. The monoisotopic (exact) mass is 343 g/mol. The Kier molecular flexibility index (Phi) is 3.31. The molecule has 0 unspecified atom stereocenters. The molecule has 0 aliphatic carbocycles. The predicted octanol–water partition coefficient (Wildman–Crippen LogP) is 2.33. The summed E-state index contributed by atoms with van der Waals surface area (Å²) in [5.41, 5.74) is 11.1. The number of aromatic nitrogens is 5. The van der Waals surface area contributed by atoms with Crippen LogP contribution in [-0.4, -0.2) is 31.1 Å². The predicted molar refractivity (Wildman–Crippen MR) is 99.6 cm³/mol. The van der Waals surface area contributed by atoms with Crippen LogP contribution in [0.2, 0.25) is 0 Å². The first-order valence-electron chi connectivity index (χ1n) is 8.52. The highest BCUT2D eigenvalue weighted by Gasteiger charge is 2.20. The number of anilines is 2. The zero-order valence-electron chi connectivity index (χ0n) is 14.1. The van der Waals surface area contributed by atoms with Gasteiger partial charge in [-0.1, -0.05) is 24.3 Å². The van der Waals surface area contributed by atoms with Crippen LogP contribution in [0.1, 0.15) is 11.1 Å². The van der Waals surface area contributed by atoms with Gasteiger partial charge >= 0.3 is 0 Å². The molecule has 0 atom stereocenters. The maximum Gasteiger partial charge on any atom is 0.166 e. The number of hydrogen-bond donors (Lipinski definition) is 1. The molecular formula is C19H17N7. The third-order valence-corrected chi connectivity index (χ3v) is 4.79. The lowest BCUT2D eigenvalue weighted by molar-refractivity contribution is 0.719. The Hall–Kier alpha value is -3.48. The fourth-order valence-corrected chi connectivity index (χ4v) is 3.50. The zero-order valence-corrected chi connectivity index (χ0v) is 14.1. The molecule has 3 aromatic heterocycles. The van der Waals surface area contributed by atoms with E-state index in [0.29, 0.717) is 11.5 Å². The summed E-state index contributed by atoms with van der Waals surface area (Å²) in [4.78, 5) is 15.6. The minimum absolute atomic E-state index is 0.414. The standard InChI is InChI=1S/C19H17N7/c20-18-17(19-21-7-3-8-26(19)24-18)15-10-16(23-12-22-15)25-9-6-13-4-1-2-5-14(13)11-25/h1-5,7-8,10,12H,6,9,11H2,(H2,20,24). The lowest BCUT2D eigenvalue weighted by atomic mass is 10.00. The third kappa shape index (κ3) is 2.36. The van der Waals surface area contributed by atoms with Crippen molar-refractivity contribution in [1.29, 1.82) is 0 Å². The van der Waals surface area contributed by atoms with Crippen molar-refractivity contribution < 1.29 is 0 Å². The first-order chi connectivity index (χ1) is 12.8. The van der Waals surface area contributed by atoms with Gasteiger partial charge < -0.3 is 10.6 Å². The summed E-state index contributed by atoms with van der Waals surface area (Å²) in [6.45, 7) is 1.77. The van der Waals surface area contributed by atoms with Gasteiger partial charge in [0.05, 0.1) is 11.3 Å². The molecule has 0 radical (unpaired) electrons. The number of benzene rings is 1. The molecule has 5 rings (SSSR count). The van der Waals surface area contributed by atoms with Crippen LogP contribution in [-0.2, 0) is 13.0 Å². The Labute approximate surface area is 150 Å². The maximum atomic E-state index is 6.13. The molecule has 7 heteroatoms. The number of hydrogen-bond acceptors (Lipinski definition) is 6. The summed E-state index contributed by atoms with van der Waals surface area (Å²) in [5, 5.41) is 4.32. The minimum atomic E-state index is 0.414.